The Morgan fingerprint density at radius 2 is 0.765 bits per heavy atom. The third kappa shape index (κ3) is 4.73. The van der Waals surface area contributed by atoms with E-state index < -0.39 is 17.6 Å². The van der Waals surface area contributed by atoms with Crippen molar-refractivity contribution >= 4 is 17.6 Å². The molecule has 0 atom stereocenters. The highest BCUT2D eigenvalue weighted by atomic mass is 28.4. The molecule has 0 unspecified atom stereocenters. The lowest BCUT2D eigenvalue weighted by molar-refractivity contribution is 0.0434. The van der Waals surface area contributed by atoms with Crippen molar-refractivity contribution in [3.05, 3.63) is 0 Å². The van der Waals surface area contributed by atoms with Gasteiger partial charge in [-0.2, -0.15) is 0 Å². The summed E-state index contributed by atoms with van der Waals surface area (Å²) in [5, 5.41) is 0. The van der Waals surface area contributed by atoms with Crippen LogP contribution < -0.4 is 0 Å². The fourth-order valence-corrected chi connectivity index (χ4v) is 3.77. The Morgan fingerprint density at radius 3 is 0.941 bits per heavy atom. The Kier molecular flexibility index (Phi) is 8.36. The summed E-state index contributed by atoms with van der Waals surface area (Å²) in [6.45, 7) is 0. The number of rotatable bonds is 10. The molecule has 0 spiro atoms. The second-order valence-corrected chi connectivity index (χ2v) is 8.84. The van der Waals surface area contributed by atoms with E-state index >= 15 is 0 Å². The van der Waals surface area contributed by atoms with E-state index in [1.54, 1.807) is 0 Å². The van der Waals surface area contributed by atoms with Crippen LogP contribution in [0.3, 0.4) is 0 Å². The van der Waals surface area contributed by atoms with Gasteiger partial charge >= 0.3 is 17.6 Å². The van der Waals surface area contributed by atoms with Crippen LogP contribution in [0.25, 0.3) is 0 Å². The van der Waals surface area contributed by atoms with Crippen LogP contribution in [0.5, 0.6) is 0 Å². The van der Waals surface area contributed by atoms with Gasteiger partial charge in [-0.1, -0.05) is 0 Å². The van der Waals surface area contributed by atoms with Gasteiger partial charge in [0.15, 0.2) is 0 Å². The third-order valence-corrected chi connectivity index (χ3v) is 7.27. The lowest BCUT2D eigenvalue weighted by Crippen LogP contribution is -2.52. The van der Waals surface area contributed by atoms with E-state index in [1.165, 1.54) is 42.7 Å². The molecule has 0 radical (unpaired) electrons. The Bertz CT molecular complexity index is 160. The minimum absolute atomic E-state index is 0.210. The predicted molar refractivity (Wildman–Crippen MR) is 64.4 cm³/mol. The van der Waals surface area contributed by atoms with Crippen LogP contribution in [0, 0.1) is 0 Å². The lowest BCUT2D eigenvalue weighted by Gasteiger charge is -2.27. The van der Waals surface area contributed by atoms with E-state index in [2.05, 4.69) is 0 Å². The largest absolute Gasteiger partial charge is 0.527 e. The summed E-state index contributed by atoms with van der Waals surface area (Å²) in [6, 6.07) is 0. The maximum atomic E-state index is 5.48. The zero-order valence-corrected chi connectivity index (χ0v) is 13.3. The van der Waals surface area contributed by atoms with Crippen molar-refractivity contribution < 1.29 is 31.3 Å². The molecule has 0 N–H and O–H groups in total. The first-order valence-corrected chi connectivity index (χ1v) is 8.82. The minimum Gasteiger partial charge on any atom is -0.375 e. The molecule has 0 aromatic rings. The summed E-state index contributed by atoms with van der Waals surface area (Å²) >= 11 is 0. The highest BCUT2D eigenvalue weighted by molar-refractivity contribution is 6.61. The van der Waals surface area contributed by atoms with Crippen molar-refractivity contribution in [2.75, 3.05) is 55.1 Å². The zero-order valence-electron chi connectivity index (χ0n) is 11.3. The Labute approximate surface area is 105 Å². The Hall–Kier alpha value is 0.154. The quantitative estimate of drug-likeness (QED) is 0.517. The third-order valence-electron chi connectivity index (χ3n) is 2.42. The number of ether oxygens (including phenoxy) is 1. The first-order valence-electron chi connectivity index (χ1n) is 4.96. The van der Waals surface area contributed by atoms with Gasteiger partial charge in [0.05, 0.1) is 0 Å². The van der Waals surface area contributed by atoms with E-state index in [1.807, 2.05) is 0 Å². The van der Waals surface area contributed by atoms with Crippen molar-refractivity contribution in [2.45, 2.75) is 0 Å². The highest BCUT2D eigenvalue weighted by Gasteiger charge is 2.43. The summed E-state index contributed by atoms with van der Waals surface area (Å²) in [4.78, 5) is 0. The molecular formula is C8H22O7Si2. The first kappa shape index (κ1) is 17.2. The standard InChI is InChI=1S/C8H22O7Si2/c1-9-16(10-2,11-3)7-15-8-17(12-4,13-5)14-6/h7-8H2,1-6H3. The topological polar surface area (TPSA) is 64.6 Å². The minimum atomic E-state index is -2.72. The fourth-order valence-electron chi connectivity index (χ4n) is 1.15. The van der Waals surface area contributed by atoms with Crippen LogP contribution >= 0.6 is 0 Å². The van der Waals surface area contributed by atoms with E-state index in [0.717, 1.165) is 0 Å². The molecule has 0 aliphatic rings. The number of hydrogen-bond acceptors (Lipinski definition) is 7. The van der Waals surface area contributed by atoms with Gasteiger partial charge in [-0.25, -0.2) is 0 Å². The number of hydrogen-bond donors (Lipinski definition) is 0. The average Bonchev–Trinajstić information content (AvgIpc) is 2.41. The maximum absolute atomic E-state index is 5.48. The van der Waals surface area contributed by atoms with Gasteiger partial charge in [0, 0.05) is 42.7 Å². The van der Waals surface area contributed by atoms with Gasteiger partial charge in [-0.15, -0.1) is 0 Å². The second kappa shape index (κ2) is 8.29. The molecule has 104 valence electrons. The molecule has 0 aromatic heterocycles. The maximum Gasteiger partial charge on any atom is 0.527 e. The molecule has 0 saturated carbocycles. The Morgan fingerprint density at radius 1 is 0.529 bits per heavy atom. The molecule has 0 rings (SSSR count). The van der Waals surface area contributed by atoms with Crippen LogP contribution in [0.4, 0.5) is 0 Å². The summed E-state index contributed by atoms with van der Waals surface area (Å²) in [6.07, 6.45) is 0.419. The van der Waals surface area contributed by atoms with Gasteiger partial charge in [0.1, 0.15) is 12.5 Å². The molecular weight excluding hydrogens is 264 g/mol. The summed E-state index contributed by atoms with van der Waals surface area (Å²) in [5.41, 5.74) is 0. The highest BCUT2D eigenvalue weighted by Crippen LogP contribution is 2.10. The van der Waals surface area contributed by atoms with Crippen molar-refractivity contribution in [2.24, 2.45) is 0 Å². The average molecular weight is 286 g/mol. The zero-order chi connectivity index (χ0) is 13.4. The van der Waals surface area contributed by atoms with Crippen molar-refractivity contribution in [3.63, 3.8) is 0 Å². The first-order chi connectivity index (χ1) is 8.07. The van der Waals surface area contributed by atoms with Crippen LogP contribution in [-0.2, 0) is 31.3 Å². The summed E-state index contributed by atoms with van der Waals surface area (Å²) < 4.78 is 36.8. The van der Waals surface area contributed by atoms with Crippen molar-refractivity contribution in [3.8, 4) is 0 Å². The summed E-state index contributed by atoms with van der Waals surface area (Å²) in [7, 11) is 3.70. The molecule has 17 heavy (non-hydrogen) atoms. The molecule has 7 nitrogen and oxygen atoms in total. The normalized spacial score (nSPS) is 13.1. The van der Waals surface area contributed by atoms with Gasteiger partial charge in [-0.3, -0.25) is 0 Å². The van der Waals surface area contributed by atoms with Gasteiger partial charge in [-0.05, 0) is 0 Å². The van der Waals surface area contributed by atoms with Gasteiger partial charge in [0.25, 0.3) is 0 Å². The lowest BCUT2D eigenvalue weighted by atomic mass is 11.5. The predicted octanol–water partition coefficient (Wildman–Crippen LogP) is -0.162. The SMILES string of the molecule is CO[Si](COC[Si](OC)(OC)OC)(OC)OC. The molecule has 0 amide bonds. The molecule has 0 bridgehead atoms. The van der Waals surface area contributed by atoms with Crippen LogP contribution in [-0.4, -0.2) is 72.7 Å². The molecule has 0 aliphatic heterocycles. The van der Waals surface area contributed by atoms with Crippen molar-refractivity contribution in [1.29, 1.82) is 0 Å². The van der Waals surface area contributed by atoms with E-state index in [-0.39, 0.29) is 12.5 Å². The molecule has 0 aliphatic carbocycles. The molecule has 0 fully saturated rings. The van der Waals surface area contributed by atoms with E-state index in [4.69, 9.17) is 31.3 Å². The van der Waals surface area contributed by atoms with Crippen LogP contribution in [0.15, 0.2) is 0 Å². The fraction of sp³-hybridized carbons (Fsp3) is 1.00. The Balaban J connectivity index is 4.28. The molecule has 0 saturated heterocycles. The monoisotopic (exact) mass is 286 g/mol. The van der Waals surface area contributed by atoms with Crippen LogP contribution in [0.1, 0.15) is 0 Å². The molecule has 0 heterocycles. The van der Waals surface area contributed by atoms with Gasteiger partial charge < -0.3 is 31.3 Å². The van der Waals surface area contributed by atoms with Crippen LogP contribution in [0.2, 0.25) is 0 Å². The second-order valence-electron chi connectivity index (χ2n) is 3.08. The van der Waals surface area contributed by atoms with Crippen molar-refractivity contribution in [1.82, 2.24) is 0 Å². The molecule has 9 heteroatoms. The summed E-state index contributed by atoms with van der Waals surface area (Å²) in [5.74, 6) is 0. The van der Waals surface area contributed by atoms with Gasteiger partial charge in [0.2, 0.25) is 0 Å². The van der Waals surface area contributed by atoms with E-state index in [9.17, 15) is 0 Å². The molecule has 0 aromatic carbocycles. The smallest absolute Gasteiger partial charge is 0.375 e. The van der Waals surface area contributed by atoms with E-state index in [0.29, 0.717) is 0 Å².